The van der Waals surface area contributed by atoms with Crippen molar-refractivity contribution < 1.29 is 40.2 Å². The van der Waals surface area contributed by atoms with Crippen LogP contribution >= 0.6 is 0 Å². The number of fused-ring (bicyclic) bond motifs is 1. The Balaban J connectivity index is 1.58. The summed E-state index contributed by atoms with van der Waals surface area (Å²) in [6.45, 7) is 1.95. The van der Waals surface area contributed by atoms with E-state index in [0.29, 0.717) is 37.1 Å². The number of nitrogens with zero attached hydrogens (tertiary/aromatic N) is 1. The summed E-state index contributed by atoms with van der Waals surface area (Å²) in [5.41, 5.74) is 2.23. The minimum absolute atomic E-state index is 0.0134. The monoisotopic (exact) mass is 492 g/mol. The molecule has 7 nitrogen and oxygen atoms in total. The lowest BCUT2D eigenvalue weighted by Gasteiger charge is -2.29. The summed E-state index contributed by atoms with van der Waals surface area (Å²) in [5.74, 6) is -0.879. The van der Waals surface area contributed by atoms with Gasteiger partial charge in [0.1, 0.15) is 10.7 Å². The number of halogens is 4. The second-order valence-electron chi connectivity index (χ2n) is 7.39. The Labute approximate surface area is 189 Å². The number of alkyl halides is 3. The molecule has 0 aromatic heterocycles. The fourth-order valence-corrected chi connectivity index (χ4v) is 4.81. The number of benzene rings is 2. The van der Waals surface area contributed by atoms with Gasteiger partial charge in [-0.3, -0.25) is 4.90 Å². The lowest BCUT2D eigenvalue weighted by atomic mass is 9.98. The number of sulfonamides is 1. The van der Waals surface area contributed by atoms with Gasteiger partial charge in [0.05, 0.1) is 14.2 Å². The van der Waals surface area contributed by atoms with E-state index in [1.54, 1.807) is 14.2 Å². The first kappa shape index (κ1) is 25.1. The van der Waals surface area contributed by atoms with E-state index in [1.807, 2.05) is 12.1 Å². The van der Waals surface area contributed by atoms with Gasteiger partial charge in [-0.05, 0) is 54.8 Å². The number of ether oxygens (including phenoxy) is 3. The zero-order valence-electron chi connectivity index (χ0n) is 18.0. The SMILES string of the molecule is COc1cc2c(cc1OC)CN(CCCNS(=O)(=O)c1ccc(F)cc1OC(F)(F)F)CC2. The standard InChI is InChI=1S/C21H24F4N2O5S/c1-30-17-10-14-6-9-27(13-15(14)11-18(17)31-2)8-3-7-26-33(28,29)20-5-4-16(22)12-19(20)32-21(23,24)25/h4-5,10-12,26H,3,6-9,13H2,1-2H3. The van der Waals surface area contributed by atoms with Gasteiger partial charge in [-0.2, -0.15) is 0 Å². The Bertz CT molecular complexity index is 1090. The van der Waals surface area contributed by atoms with Crippen molar-refractivity contribution in [2.24, 2.45) is 0 Å². The summed E-state index contributed by atoms with van der Waals surface area (Å²) < 4.78 is 92.6. The molecule has 0 spiro atoms. The highest BCUT2D eigenvalue weighted by Gasteiger charge is 2.34. The summed E-state index contributed by atoms with van der Waals surface area (Å²) in [4.78, 5) is 1.35. The van der Waals surface area contributed by atoms with Crippen LogP contribution in [-0.2, 0) is 23.0 Å². The molecule has 1 heterocycles. The molecule has 2 aromatic carbocycles. The fourth-order valence-electron chi connectivity index (χ4n) is 3.63. The van der Waals surface area contributed by atoms with Gasteiger partial charge in [0.2, 0.25) is 10.0 Å². The molecule has 1 aliphatic heterocycles. The first-order chi connectivity index (χ1) is 15.5. The van der Waals surface area contributed by atoms with Gasteiger partial charge in [-0.25, -0.2) is 17.5 Å². The molecule has 0 saturated heterocycles. The van der Waals surface area contributed by atoms with E-state index in [1.165, 1.54) is 0 Å². The molecule has 12 heteroatoms. The zero-order valence-corrected chi connectivity index (χ0v) is 18.9. The molecule has 0 aliphatic carbocycles. The molecular weight excluding hydrogens is 468 g/mol. The molecule has 2 aromatic rings. The molecule has 0 saturated carbocycles. The topological polar surface area (TPSA) is 77.1 Å². The minimum atomic E-state index is -5.16. The summed E-state index contributed by atoms with van der Waals surface area (Å²) in [7, 11) is -1.21. The van der Waals surface area contributed by atoms with Crippen LogP contribution in [0.4, 0.5) is 17.6 Å². The van der Waals surface area contributed by atoms with Crippen molar-refractivity contribution in [3.05, 3.63) is 47.3 Å². The highest BCUT2D eigenvalue weighted by Crippen LogP contribution is 2.33. The van der Waals surface area contributed by atoms with Gasteiger partial charge in [0.15, 0.2) is 17.2 Å². The number of hydrogen-bond acceptors (Lipinski definition) is 6. The molecule has 182 valence electrons. The Hall–Kier alpha value is -2.57. The molecule has 33 heavy (non-hydrogen) atoms. The smallest absolute Gasteiger partial charge is 0.493 e. The van der Waals surface area contributed by atoms with Gasteiger partial charge in [0, 0.05) is 25.7 Å². The molecule has 0 amide bonds. The van der Waals surface area contributed by atoms with Crippen molar-refractivity contribution >= 4 is 10.0 Å². The molecule has 0 atom stereocenters. The number of hydrogen-bond donors (Lipinski definition) is 1. The summed E-state index contributed by atoms with van der Waals surface area (Å²) in [5, 5.41) is 0. The molecule has 1 aliphatic rings. The Morgan fingerprint density at radius 1 is 1.03 bits per heavy atom. The van der Waals surface area contributed by atoms with Gasteiger partial charge in [0.25, 0.3) is 0 Å². The molecule has 3 rings (SSSR count). The maximum absolute atomic E-state index is 13.3. The largest absolute Gasteiger partial charge is 0.573 e. The summed E-state index contributed by atoms with van der Waals surface area (Å²) >= 11 is 0. The fraction of sp³-hybridized carbons (Fsp3) is 0.429. The van der Waals surface area contributed by atoms with Gasteiger partial charge < -0.3 is 14.2 Å². The molecular formula is C21H24F4N2O5S. The lowest BCUT2D eigenvalue weighted by Crippen LogP contribution is -2.34. The quantitative estimate of drug-likeness (QED) is 0.427. The Kier molecular flexibility index (Phi) is 7.70. The second kappa shape index (κ2) is 10.1. The number of methoxy groups -OCH3 is 2. The highest BCUT2D eigenvalue weighted by atomic mass is 32.2. The third-order valence-electron chi connectivity index (χ3n) is 5.16. The van der Waals surface area contributed by atoms with Crippen LogP contribution in [0.5, 0.6) is 17.2 Å². The van der Waals surface area contributed by atoms with Crippen LogP contribution in [0.1, 0.15) is 17.5 Å². The predicted octanol–water partition coefficient (Wildman–Crippen LogP) is 3.47. The van der Waals surface area contributed by atoms with Gasteiger partial charge >= 0.3 is 6.36 Å². The third kappa shape index (κ3) is 6.49. The highest BCUT2D eigenvalue weighted by molar-refractivity contribution is 7.89. The van der Waals surface area contributed by atoms with Crippen molar-refractivity contribution in [2.75, 3.05) is 33.9 Å². The zero-order chi connectivity index (χ0) is 24.2. The molecule has 0 radical (unpaired) electrons. The van der Waals surface area contributed by atoms with Crippen LogP contribution in [0.3, 0.4) is 0 Å². The van der Waals surface area contributed by atoms with Crippen LogP contribution in [-0.4, -0.2) is 53.5 Å². The van der Waals surface area contributed by atoms with Crippen molar-refractivity contribution in [3.8, 4) is 17.2 Å². The van der Waals surface area contributed by atoms with E-state index < -0.39 is 32.8 Å². The normalized spacial score (nSPS) is 14.6. The van der Waals surface area contributed by atoms with E-state index in [9.17, 15) is 26.0 Å². The molecule has 1 N–H and O–H groups in total. The Morgan fingerprint density at radius 2 is 1.70 bits per heavy atom. The first-order valence-electron chi connectivity index (χ1n) is 10.0. The molecule has 0 unspecified atom stereocenters. The third-order valence-corrected chi connectivity index (χ3v) is 6.66. The molecule has 0 fully saturated rings. The van der Waals surface area contributed by atoms with E-state index in [-0.39, 0.29) is 6.54 Å². The number of rotatable bonds is 9. The van der Waals surface area contributed by atoms with E-state index in [4.69, 9.17) is 9.47 Å². The van der Waals surface area contributed by atoms with Crippen molar-refractivity contribution in [2.45, 2.75) is 30.6 Å². The van der Waals surface area contributed by atoms with E-state index >= 15 is 0 Å². The summed E-state index contributed by atoms with van der Waals surface area (Å²) in [6, 6.07) is 5.74. The van der Waals surface area contributed by atoms with Crippen molar-refractivity contribution in [1.82, 2.24) is 9.62 Å². The van der Waals surface area contributed by atoms with Crippen LogP contribution in [0, 0.1) is 5.82 Å². The Morgan fingerprint density at radius 3 is 2.33 bits per heavy atom. The van der Waals surface area contributed by atoms with Crippen molar-refractivity contribution in [1.29, 1.82) is 0 Å². The van der Waals surface area contributed by atoms with Crippen LogP contribution < -0.4 is 18.9 Å². The van der Waals surface area contributed by atoms with E-state index in [0.717, 1.165) is 36.2 Å². The minimum Gasteiger partial charge on any atom is -0.493 e. The van der Waals surface area contributed by atoms with Crippen LogP contribution in [0.15, 0.2) is 35.2 Å². The van der Waals surface area contributed by atoms with Gasteiger partial charge in [-0.15, -0.1) is 13.2 Å². The van der Waals surface area contributed by atoms with Crippen LogP contribution in [0.2, 0.25) is 0 Å². The molecule has 0 bridgehead atoms. The van der Waals surface area contributed by atoms with Crippen molar-refractivity contribution in [3.63, 3.8) is 0 Å². The van der Waals surface area contributed by atoms with Crippen LogP contribution in [0.25, 0.3) is 0 Å². The van der Waals surface area contributed by atoms with Gasteiger partial charge in [-0.1, -0.05) is 0 Å². The predicted molar refractivity (Wildman–Crippen MR) is 111 cm³/mol. The first-order valence-corrected chi connectivity index (χ1v) is 11.5. The summed E-state index contributed by atoms with van der Waals surface area (Å²) in [6.07, 6.45) is -3.96. The maximum Gasteiger partial charge on any atom is 0.573 e. The average molecular weight is 492 g/mol. The second-order valence-corrected chi connectivity index (χ2v) is 9.13. The lowest BCUT2D eigenvalue weighted by molar-refractivity contribution is -0.275. The van der Waals surface area contributed by atoms with E-state index in [2.05, 4.69) is 14.4 Å². The number of nitrogens with one attached hydrogen (secondary N) is 1. The average Bonchev–Trinajstić information content (AvgIpc) is 2.74. The maximum atomic E-state index is 13.3.